The van der Waals surface area contributed by atoms with Crippen LogP contribution in [0.3, 0.4) is 0 Å². The van der Waals surface area contributed by atoms with Crippen LogP contribution in [-0.2, 0) is 9.59 Å². The fourth-order valence-electron chi connectivity index (χ4n) is 3.43. The summed E-state index contributed by atoms with van der Waals surface area (Å²) in [7, 11) is 0. The average molecular weight is 421 g/mol. The van der Waals surface area contributed by atoms with Crippen molar-refractivity contribution in [2.24, 2.45) is 0 Å². The highest BCUT2D eigenvalue weighted by Crippen LogP contribution is 2.27. The van der Waals surface area contributed by atoms with Gasteiger partial charge >= 0.3 is 5.97 Å². The second kappa shape index (κ2) is 16.5. The first-order valence-electron chi connectivity index (χ1n) is 11.6. The Balaban J connectivity index is 2.10. The first kappa shape index (κ1) is 25.8. The molecule has 0 saturated heterocycles. The quantitative estimate of drug-likeness (QED) is 0.195. The number of hydrogen-bond acceptors (Lipinski definition) is 4. The lowest BCUT2D eigenvalue weighted by Crippen LogP contribution is -2.15. The second-order valence-corrected chi connectivity index (χ2v) is 7.98. The highest BCUT2D eigenvalue weighted by atomic mass is 16.5. The van der Waals surface area contributed by atoms with E-state index in [1.54, 1.807) is 18.2 Å². The van der Waals surface area contributed by atoms with Crippen LogP contribution in [-0.4, -0.2) is 23.6 Å². The first-order valence-corrected chi connectivity index (χ1v) is 11.6. The molecule has 0 aromatic heterocycles. The van der Waals surface area contributed by atoms with E-state index >= 15 is 0 Å². The van der Waals surface area contributed by atoms with Crippen LogP contribution in [0.2, 0.25) is 0 Å². The maximum absolute atomic E-state index is 12.2. The number of ether oxygens (including phenoxy) is 1. The van der Waals surface area contributed by atoms with Crippen molar-refractivity contribution >= 4 is 23.3 Å². The van der Waals surface area contributed by atoms with Gasteiger partial charge in [0.15, 0.2) is 6.61 Å². The molecule has 1 aromatic carbocycles. The number of benzene rings is 1. The molecule has 0 unspecified atom stereocenters. The van der Waals surface area contributed by atoms with E-state index in [-0.39, 0.29) is 5.91 Å². The number of anilines is 2. The molecule has 30 heavy (non-hydrogen) atoms. The zero-order chi connectivity index (χ0) is 22.0. The van der Waals surface area contributed by atoms with Gasteiger partial charge < -0.3 is 20.9 Å². The fourth-order valence-corrected chi connectivity index (χ4v) is 3.43. The van der Waals surface area contributed by atoms with E-state index in [0.717, 1.165) is 19.3 Å². The summed E-state index contributed by atoms with van der Waals surface area (Å²) in [4.78, 5) is 22.9. The molecule has 0 radical (unpaired) electrons. The van der Waals surface area contributed by atoms with Gasteiger partial charge in [-0.2, -0.15) is 0 Å². The SMILES string of the molecule is CCCCCCCCCCCCCCCC(=O)Nc1cc(N)ccc1OCC(=O)O. The van der Waals surface area contributed by atoms with Crippen molar-refractivity contribution in [3.63, 3.8) is 0 Å². The normalized spacial score (nSPS) is 10.7. The Hall–Kier alpha value is -2.24. The molecule has 4 N–H and O–H groups in total. The van der Waals surface area contributed by atoms with Gasteiger partial charge in [0.1, 0.15) is 5.75 Å². The molecule has 0 spiro atoms. The molecule has 170 valence electrons. The zero-order valence-corrected chi connectivity index (χ0v) is 18.6. The Labute approximate surface area is 181 Å². The number of carboxylic acid groups (broad SMARTS) is 1. The number of carbonyl (C=O) groups excluding carboxylic acids is 1. The van der Waals surface area contributed by atoms with Crippen LogP contribution >= 0.6 is 0 Å². The molecule has 0 heterocycles. The zero-order valence-electron chi connectivity index (χ0n) is 18.6. The molecule has 0 atom stereocenters. The summed E-state index contributed by atoms with van der Waals surface area (Å²) in [5.74, 6) is -0.870. The number of carboxylic acids is 1. The maximum Gasteiger partial charge on any atom is 0.341 e. The van der Waals surface area contributed by atoms with Crippen LogP contribution in [0.4, 0.5) is 11.4 Å². The highest BCUT2D eigenvalue weighted by Gasteiger charge is 2.10. The topological polar surface area (TPSA) is 102 Å². The third kappa shape index (κ3) is 13.1. The number of hydrogen-bond donors (Lipinski definition) is 3. The van der Waals surface area contributed by atoms with Gasteiger partial charge in [0.05, 0.1) is 5.69 Å². The van der Waals surface area contributed by atoms with Crippen LogP contribution in [0.15, 0.2) is 18.2 Å². The number of aliphatic carboxylic acids is 1. The van der Waals surface area contributed by atoms with Crippen LogP contribution in [0.1, 0.15) is 96.8 Å². The molecule has 6 nitrogen and oxygen atoms in total. The molecule has 0 bridgehead atoms. The summed E-state index contributed by atoms with van der Waals surface area (Å²) >= 11 is 0. The van der Waals surface area contributed by atoms with Crippen molar-refractivity contribution in [3.8, 4) is 5.75 Å². The minimum Gasteiger partial charge on any atom is -0.480 e. The van der Waals surface area contributed by atoms with Crippen LogP contribution < -0.4 is 15.8 Å². The van der Waals surface area contributed by atoms with Crippen molar-refractivity contribution in [2.75, 3.05) is 17.7 Å². The predicted molar refractivity (Wildman–Crippen MR) is 123 cm³/mol. The molecule has 1 amide bonds. The molecular formula is C24H40N2O4. The van der Waals surface area contributed by atoms with E-state index in [1.807, 2.05) is 0 Å². The van der Waals surface area contributed by atoms with Gasteiger partial charge in [-0.3, -0.25) is 4.79 Å². The minimum absolute atomic E-state index is 0.108. The Bertz CT molecular complexity index is 619. The van der Waals surface area contributed by atoms with Gasteiger partial charge in [-0.25, -0.2) is 4.79 Å². The van der Waals surface area contributed by atoms with Crippen LogP contribution in [0.25, 0.3) is 0 Å². The number of rotatable bonds is 18. The predicted octanol–water partition coefficient (Wildman–Crippen LogP) is 6.15. The second-order valence-electron chi connectivity index (χ2n) is 7.98. The standard InChI is InChI=1S/C24H40N2O4/c1-2-3-4-5-6-7-8-9-10-11-12-13-14-15-23(27)26-21-18-20(25)16-17-22(21)30-19-24(28)29/h16-18H,2-15,19,25H2,1H3,(H,26,27)(H,28,29). The van der Waals surface area contributed by atoms with Crippen molar-refractivity contribution < 1.29 is 19.4 Å². The Morgan fingerprint density at radius 3 is 1.97 bits per heavy atom. The lowest BCUT2D eigenvalue weighted by Gasteiger charge is -2.12. The maximum atomic E-state index is 12.2. The molecular weight excluding hydrogens is 380 g/mol. The Kier molecular flexibility index (Phi) is 14.2. The van der Waals surface area contributed by atoms with Gasteiger partial charge in [0.25, 0.3) is 0 Å². The first-order chi connectivity index (χ1) is 14.5. The van der Waals surface area contributed by atoms with E-state index in [1.165, 1.54) is 64.2 Å². The number of nitrogens with two attached hydrogens (primary N) is 1. The third-order valence-electron chi connectivity index (χ3n) is 5.14. The van der Waals surface area contributed by atoms with Crippen LogP contribution in [0, 0.1) is 0 Å². The van der Waals surface area contributed by atoms with Gasteiger partial charge in [0, 0.05) is 12.1 Å². The summed E-state index contributed by atoms with van der Waals surface area (Å²) in [6.45, 7) is 1.79. The van der Waals surface area contributed by atoms with Gasteiger partial charge in [0.2, 0.25) is 5.91 Å². The fraction of sp³-hybridized carbons (Fsp3) is 0.667. The van der Waals surface area contributed by atoms with Gasteiger partial charge in [-0.15, -0.1) is 0 Å². The number of nitrogens with one attached hydrogen (secondary N) is 1. The number of nitrogen functional groups attached to an aromatic ring is 1. The monoisotopic (exact) mass is 420 g/mol. The molecule has 0 saturated carbocycles. The summed E-state index contributed by atoms with van der Waals surface area (Å²) in [5, 5.41) is 11.5. The number of unbranched alkanes of at least 4 members (excludes halogenated alkanes) is 12. The van der Waals surface area contributed by atoms with E-state index < -0.39 is 12.6 Å². The van der Waals surface area contributed by atoms with Crippen molar-refractivity contribution in [2.45, 2.75) is 96.8 Å². The van der Waals surface area contributed by atoms with E-state index in [2.05, 4.69) is 12.2 Å². The molecule has 0 fully saturated rings. The summed E-state index contributed by atoms with van der Waals surface area (Å²) in [5.41, 5.74) is 6.66. The molecule has 1 aromatic rings. The smallest absolute Gasteiger partial charge is 0.341 e. The Morgan fingerprint density at radius 1 is 0.900 bits per heavy atom. The molecule has 0 aliphatic rings. The van der Waals surface area contributed by atoms with E-state index in [4.69, 9.17) is 15.6 Å². The van der Waals surface area contributed by atoms with Crippen molar-refractivity contribution in [1.82, 2.24) is 0 Å². The number of carbonyl (C=O) groups is 2. The van der Waals surface area contributed by atoms with E-state index in [9.17, 15) is 9.59 Å². The van der Waals surface area contributed by atoms with Crippen molar-refractivity contribution in [1.29, 1.82) is 0 Å². The Morgan fingerprint density at radius 2 is 1.43 bits per heavy atom. The lowest BCUT2D eigenvalue weighted by molar-refractivity contribution is -0.139. The molecule has 0 aliphatic heterocycles. The van der Waals surface area contributed by atoms with Crippen molar-refractivity contribution in [3.05, 3.63) is 18.2 Å². The van der Waals surface area contributed by atoms with Gasteiger partial charge in [-0.05, 0) is 24.6 Å². The molecule has 1 rings (SSSR count). The van der Waals surface area contributed by atoms with Gasteiger partial charge in [-0.1, -0.05) is 84.0 Å². The minimum atomic E-state index is -1.07. The molecule has 0 aliphatic carbocycles. The highest BCUT2D eigenvalue weighted by molar-refractivity contribution is 5.92. The summed E-state index contributed by atoms with van der Waals surface area (Å²) in [6, 6.07) is 4.76. The largest absolute Gasteiger partial charge is 0.480 e. The van der Waals surface area contributed by atoms with Crippen LogP contribution in [0.5, 0.6) is 5.75 Å². The average Bonchev–Trinajstić information content (AvgIpc) is 2.70. The summed E-state index contributed by atoms with van der Waals surface area (Å²) < 4.78 is 5.21. The number of amides is 1. The summed E-state index contributed by atoms with van der Waals surface area (Å²) in [6.07, 6.45) is 16.9. The lowest BCUT2D eigenvalue weighted by atomic mass is 10.0. The molecule has 6 heteroatoms. The third-order valence-corrected chi connectivity index (χ3v) is 5.14. The van der Waals surface area contributed by atoms with E-state index in [0.29, 0.717) is 23.5 Å².